The second-order valence-corrected chi connectivity index (χ2v) is 7.14. The summed E-state index contributed by atoms with van der Waals surface area (Å²) in [7, 11) is 0. The zero-order chi connectivity index (χ0) is 13.7. The Morgan fingerprint density at radius 1 is 1.37 bits per heavy atom. The largest absolute Gasteiger partial charge is 0.379 e. The third kappa shape index (κ3) is 1.92. The van der Waals surface area contributed by atoms with E-state index in [1.54, 1.807) is 12.1 Å². The summed E-state index contributed by atoms with van der Waals surface area (Å²) in [5.74, 6) is 0.428. The number of thioether (sulfide) groups is 1. The number of fused-ring (bicyclic) bond motifs is 1. The molecule has 0 saturated heterocycles. The van der Waals surface area contributed by atoms with Crippen LogP contribution in [0.4, 0.5) is 4.39 Å². The highest BCUT2D eigenvalue weighted by Gasteiger charge is 2.56. The van der Waals surface area contributed by atoms with Crippen molar-refractivity contribution in [2.24, 2.45) is 16.5 Å². The molecule has 2 atom stereocenters. The van der Waals surface area contributed by atoms with E-state index >= 15 is 0 Å². The van der Waals surface area contributed by atoms with Crippen molar-refractivity contribution in [2.45, 2.75) is 30.3 Å². The first kappa shape index (κ1) is 13.4. The Labute approximate surface area is 124 Å². The molecule has 0 spiro atoms. The van der Waals surface area contributed by atoms with Crippen molar-refractivity contribution in [3.8, 4) is 0 Å². The Kier molecular flexibility index (Phi) is 3.15. The molecule has 2 aliphatic rings. The lowest BCUT2D eigenvalue weighted by Gasteiger charge is -2.44. The lowest BCUT2D eigenvalue weighted by Crippen LogP contribution is -2.58. The minimum atomic E-state index is -0.712. The Hall–Kier alpha value is -0.590. The smallest absolute Gasteiger partial charge is 0.154 e. The van der Waals surface area contributed by atoms with E-state index in [4.69, 9.17) is 11.5 Å². The standard InChI is InChI=1S/C13H15BrFN3S/c14-8-2-3-10(15)9(6-8)13-5-1-4-12(13,17)7-19-11(16)18-13/h2-3,6H,1,4-5,7,17H2,(H2,16,18)/t12-,13-/m1/s1. The highest BCUT2D eigenvalue weighted by Crippen LogP contribution is 2.52. The summed E-state index contributed by atoms with van der Waals surface area (Å²) in [6.07, 6.45) is 2.54. The second-order valence-electron chi connectivity index (χ2n) is 5.23. The average Bonchev–Trinajstić information content (AvgIpc) is 2.70. The molecule has 0 amide bonds. The van der Waals surface area contributed by atoms with Gasteiger partial charge in [0.05, 0.1) is 5.54 Å². The average molecular weight is 344 g/mol. The molecule has 19 heavy (non-hydrogen) atoms. The van der Waals surface area contributed by atoms with Gasteiger partial charge < -0.3 is 11.5 Å². The van der Waals surface area contributed by atoms with Crippen molar-refractivity contribution in [3.05, 3.63) is 34.1 Å². The van der Waals surface area contributed by atoms with Gasteiger partial charge in [0.2, 0.25) is 0 Å². The van der Waals surface area contributed by atoms with Crippen LogP contribution in [0.1, 0.15) is 24.8 Å². The van der Waals surface area contributed by atoms with Crippen molar-refractivity contribution >= 4 is 32.9 Å². The molecule has 1 saturated carbocycles. The van der Waals surface area contributed by atoms with Crippen LogP contribution >= 0.6 is 27.7 Å². The van der Waals surface area contributed by atoms with Gasteiger partial charge in [-0.3, -0.25) is 0 Å². The zero-order valence-electron chi connectivity index (χ0n) is 10.3. The molecule has 0 unspecified atom stereocenters. The summed E-state index contributed by atoms with van der Waals surface area (Å²) < 4.78 is 15.1. The topological polar surface area (TPSA) is 64.4 Å². The predicted molar refractivity (Wildman–Crippen MR) is 80.6 cm³/mol. The van der Waals surface area contributed by atoms with E-state index in [1.165, 1.54) is 17.8 Å². The third-order valence-electron chi connectivity index (χ3n) is 4.14. The van der Waals surface area contributed by atoms with Gasteiger partial charge in [-0.25, -0.2) is 9.38 Å². The van der Waals surface area contributed by atoms with E-state index in [2.05, 4.69) is 20.9 Å². The van der Waals surface area contributed by atoms with Crippen molar-refractivity contribution in [2.75, 3.05) is 5.75 Å². The summed E-state index contributed by atoms with van der Waals surface area (Å²) in [6.45, 7) is 0. The van der Waals surface area contributed by atoms with Crippen molar-refractivity contribution < 1.29 is 4.39 Å². The predicted octanol–water partition coefficient (Wildman–Crippen LogP) is 2.73. The lowest BCUT2D eigenvalue weighted by molar-refractivity contribution is 0.286. The van der Waals surface area contributed by atoms with Crippen LogP contribution in [0.15, 0.2) is 27.7 Å². The molecule has 3 rings (SSSR count). The summed E-state index contributed by atoms with van der Waals surface area (Å²) in [5.41, 5.74) is 11.8. The first-order chi connectivity index (χ1) is 8.97. The number of aliphatic imine (C=N–C) groups is 1. The van der Waals surface area contributed by atoms with Crippen LogP contribution in [0.2, 0.25) is 0 Å². The third-order valence-corrected chi connectivity index (χ3v) is 5.68. The molecule has 0 bridgehead atoms. The molecule has 1 aliphatic carbocycles. The van der Waals surface area contributed by atoms with E-state index < -0.39 is 11.1 Å². The highest BCUT2D eigenvalue weighted by molar-refractivity contribution is 9.10. The molecular weight excluding hydrogens is 329 g/mol. The van der Waals surface area contributed by atoms with Crippen molar-refractivity contribution in [3.63, 3.8) is 0 Å². The molecular formula is C13H15BrFN3S. The van der Waals surface area contributed by atoms with Crippen LogP contribution in [-0.4, -0.2) is 16.5 Å². The highest BCUT2D eigenvalue weighted by atomic mass is 79.9. The maximum atomic E-state index is 14.3. The number of benzene rings is 1. The minimum Gasteiger partial charge on any atom is -0.379 e. The van der Waals surface area contributed by atoms with Crippen LogP contribution in [-0.2, 0) is 5.54 Å². The van der Waals surface area contributed by atoms with Gasteiger partial charge in [0, 0.05) is 15.8 Å². The number of nitrogens with zero attached hydrogens (tertiary/aromatic N) is 1. The summed E-state index contributed by atoms with van der Waals surface area (Å²) in [6, 6.07) is 4.93. The molecule has 3 nitrogen and oxygen atoms in total. The van der Waals surface area contributed by atoms with Crippen molar-refractivity contribution in [1.29, 1.82) is 0 Å². The van der Waals surface area contributed by atoms with Gasteiger partial charge in [0.15, 0.2) is 5.17 Å². The molecule has 0 aromatic heterocycles. The molecule has 6 heteroatoms. The molecule has 1 heterocycles. The number of halogens is 2. The van der Waals surface area contributed by atoms with Crippen LogP contribution in [0, 0.1) is 5.82 Å². The van der Waals surface area contributed by atoms with E-state index in [0.717, 1.165) is 23.7 Å². The summed E-state index contributed by atoms with van der Waals surface area (Å²) >= 11 is 4.86. The van der Waals surface area contributed by atoms with Crippen LogP contribution < -0.4 is 11.5 Å². The number of nitrogens with two attached hydrogens (primary N) is 2. The van der Waals surface area contributed by atoms with Gasteiger partial charge in [-0.1, -0.05) is 27.7 Å². The van der Waals surface area contributed by atoms with Gasteiger partial charge in [-0.05, 0) is 37.5 Å². The van der Waals surface area contributed by atoms with Crippen LogP contribution in [0.5, 0.6) is 0 Å². The van der Waals surface area contributed by atoms with Gasteiger partial charge in [-0.2, -0.15) is 0 Å². The minimum absolute atomic E-state index is 0.261. The Balaban J connectivity index is 2.24. The fourth-order valence-electron chi connectivity index (χ4n) is 3.17. The SMILES string of the molecule is NC1=N[C@@]2(c3cc(Br)ccc3F)CCC[C@@]2(N)CS1. The molecule has 1 aromatic rings. The fraction of sp³-hybridized carbons (Fsp3) is 0.462. The summed E-state index contributed by atoms with van der Waals surface area (Å²) in [4.78, 5) is 4.59. The Bertz CT molecular complexity index is 565. The molecule has 1 fully saturated rings. The van der Waals surface area contributed by atoms with Gasteiger partial charge in [-0.15, -0.1) is 0 Å². The summed E-state index contributed by atoms with van der Waals surface area (Å²) in [5, 5.41) is 0.502. The monoisotopic (exact) mass is 343 g/mol. The maximum Gasteiger partial charge on any atom is 0.154 e. The molecule has 1 aliphatic heterocycles. The Morgan fingerprint density at radius 3 is 2.95 bits per heavy atom. The van der Waals surface area contributed by atoms with Gasteiger partial charge in [0.1, 0.15) is 11.4 Å². The Morgan fingerprint density at radius 2 is 2.16 bits per heavy atom. The molecule has 0 radical (unpaired) electrons. The van der Waals surface area contributed by atoms with E-state index in [0.29, 0.717) is 16.5 Å². The van der Waals surface area contributed by atoms with Gasteiger partial charge in [0.25, 0.3) is 0 Å². The second kappa shape index (κ2) is 4.46. The first-order valence-corrected chi connectivity index (χ1v) is 7.97. The van der Waals surface area contributed by atoms with Gasteiger partial charge >= 0.3 is 0 Å². The van der Waals surface area contributed by atoms with E-state index in [9.17, 15) is 4.39 Å². The lowest BCUT2D eigenvalue weighted by atomic mass is 9.76. The first-order valence-electron chi connectivity index (χ1n) is 6.19. The van der Waals surface area contributed by atoms with Crippen molar-refractivity contribution in [1.82, 2.24) is 0 Å². The quantitative estimate of drug-likeness (QED) is 0.823. The molecule has 1 aromatic carbocycles. The van der Waals surface area contributed by atoms with Crippen LogP contribution in [0.25, 0.3) is 0 Å². The number of hydrogen-bond donors (Lipinski definition) is 2. The number of amidine groups is 1. The molecule has 4 N–H and O–H groups in total. The normalized spacial score (nSPS) is 33.9. The number of rotatable bonds is 1. The fourth-order valence-corrected chi connectivity index (χ4v) is 4.54. The van der Waals surface area contributed by atoms with E-state index in [-0.39, 0.29) is 5.82 Å². The maximum absolute atomic E-state index is 14.3. The zero-order valence-corrected chi connectivity index (χ0v) is 12.7. The van der Waals surface area contributed by atoms with Crippen LogP contribution in [0.3, 0.4) is 0 Å². The molecule has 102 valence electrons. The number of hydrogen-bond acceptors (Lipinski definition) is 4. The van der Waals surface area contributed by atoms with E-state index in [1.807, 2.05) is 0 Å².